The number of nitrogen functional groups attached to an aromatic ring is 1. The van der Waals surface area contributed by atoms with Gasteiger partial charge in [0.15, 0.2) is 0 Å². The topological polar surface area (TPSA) is 122 Å². The van der Waals surface area contributed by atoms with Gasteiger partial charge in [-0.05, 0) is 44.1 Å². The summed E-state index contributed by atoms with van der Waals surface area (Å²) in [7, 11) is 1.25. The molecule has 2 heterocycles. The molecule has 1 saturated heterocycles. The molecule has 9 nitrogen and oxygen atoms in total. The second-order valence-corrected chi connectivity index (χ2v) is 8.58. The Morgan fingerprint density at radius 1 is 1.13 bits per heavy atom. The van der Waals surface area contributed by atoms with Crippen molar-refractivity contribution in [2.75, 3.05) is 36.5 Å². The lowest BCUT2D eigenvalue weighted by Gasteiger charge is -2.38. The first-order valence-electron chi connectivity index (χ1n) is 11.7. The van der Waals surface area contributed by atoms with Crippen LogP contribution in [0.5, 0.6) is 11.5 Å². The number of aromatic nitrogens is 1. The third-order valence-electron chi connectivity index (χ3n) is 5.55. The molecule has 1 aliphatic rings. The van der Waals surface area contributed by atoms with E-state index in [4.69, 9.17) is 15.2 Å². The van der Waals surface area contributed by atoms with Gasteiger partial charge in [0.25, 0.3) is 0 Å². The molecule has 0 aliphatic carbocycles. The zero-order valence-corrected chi connectivity index (χ0v) is 21.1. The minimum absolute atomic E-state index is 0.243. The molecule has 0 spiro atoms. The number of hydrogen-bond donors (Lipinski definition) is 4. The van der Waals surface area contributed by atoms with Crippen LogP contribution in [-0.2, 0) is 10.9 Å². The molecule has 1 aliphatic heterocycles. The van der Waals surface area contributed by atoms with Gasteiger partial charge in [0, 0.05) is 38.5 Å². The molecule has 13 heteroatoms. The molecule has 4 rings (SSSR count). The van der Waals surface area contributed by atoms with E-state index in [0.717, 1.165) is 23.4 Å². The van der Waals surface area contributed by atoms with Gasteiger partial charge in [-0.2, -0.15) is 13.2 Å². The molecule has 38 heavy (non-hydrogen) atoms. The average molecular weight is 531 g/mol. The van der Waals surface area contributed by atoms with E-state index >= 15 is 0 Å². The van der Waals surface area contributed by atoms with E-state index in [0.29, 0.717) is 36.1 Å². The van der Waals surface area contributed by atoms with Crippen molar-refractivity contribution in [1.29, 1.82) is 0 Å². The minimum atomic E-state index is -4.21. The molecule has 0 saturated carbocycles. The number of nitrogens with one attached hydrogen (secondary N) is 2. The maximum absolute atomic E-state index is 12.0. The molecule has 0 bridgehead atoms. The summed E-state index contributed by atoms with van der Waals surface area (Å²) in [5.74, 6) is 1.38. The van der Waals surface area contributed by atoms with Crippen LogP contribution in [0.2, 0.25) is 6.82 Å². The maximum Gasteiger partial charge on any atom is 0.416 e. The number of amides is 1. The number of nitrogens with zero attached hydrogens (tertiary/aromatic N) is 2. The van der Waals surface area contributed by atoms with Crippen LogP contribution >= 0.6 is 0 Å². The fourth-order valence-electron chi connectivity index (χ4n) is 3.39. The average Bonchev–Trinajstić information content (AvgIpc) is 2.81. The largest absolute Gasteiger partial charge is 0.457 e. The highest BCUT2D eigenvalue weighted by Crippen LogP contribution is 2.29. The Morgan fingerprint density at radius 2 is 1.79 bits per heavy atom. The first-order valence-corrected chi connectivity index (χ1v) is 11.7. The number of halogens is 3. The predicted molar refractivity (Wildman–Crippen MR) is 140 cm³/mol. The predicted octanol–water partition coefficient (Wildman–Crippen LogP) is 4.85. The molecule has 0 radical (unpaired) electrons. The van der Waals surface area contributed by atoms with Gasteiger partial charge in [0.2, 0.25) is 0 Å². The van der Waals surface area contributed by atoms with Crippen molar-refractivity contribution in [1.82, 2.24) is 9.79 Å². The summed E-state index contributed by atoms with van der Waals surface area (Å²) >= 11 is 0. The summed E-state index contributed by atoms with van der Waals surface area (Å²) in [6, 6.07) is 13.6. The number of hydrogen-bond acceptors (Lipinski definition) is 8. The number of rotatable bonds is 6. The number of carbonyl (C=O) groups is 1. The molecule has 202 valence electrons. The second kappa shape index (κ2) is 12.5. The molecule has 3 aromatic rings. The Morgan fingerprint density at radius 3 is 2.37 bits per heavy atom. The van der Waals surface area contributed by atoms with Crippen molar-refractivity contribution in [3.05, 3.63) is 71.9 Å². The molecule has 0 unspecified atom stereocenters. The molecular weight excluding hydrogens is 502 g/mol. The zero-order valence-electron chi connectivity index (χ0n) is 21.1. The van der Waals surface area contributed by atoms with E-state index in [1.807, 2.05) is 6.07 Å². The van der Waals surface area contributed by atoms with Crippen LogP contribution in [0.1, 0.15) is 11.1 Å². The van der Waals surface area contributed by atoms with Crippen molar-refractivity contribution in [3.63, 3.8) is 0 Å². The van der Waals surface area contributed by atoms with Crippen molar-refractivity contribution < 1.29 is 32.5 Å². The Hall–Kier alpha value is -3.97. The van der Waals surface area contributed by atoms with Crippen molar-refractivity contribution in [3.8, 4) is 11.5 Å². The molecule has 1 amide bonds. The van der Waals surface area contributed by atoms with Gasteiger partial charge < -0.3 is 30.4 Å². The molecule has 2 aromatic carbocycles. The SMILES string of the molecule is CNc1ccc(Oc2ccnc(NC(=O)OC3CN(B(C)O)C3)c2)cc1N.Cc1ccc(C(F)(F)F)cc1. The molecule has 0 atom stereocenters. The number of nitrogens with two attached hydrogens (primary N) is 1. The summed E-state index contributed by atoms with van der Waals surface area (Å²) in [5.41, 5.74) is 7.54. The molecule has 1 aromatic heterocycles. The van der Waals surface area contributed by atoms with Crippen LogP contribution in [0.3, 0.4) is 0 Å². The fourth-order valence-corrected chi connectivity index (χ4v) is 3.39. The van der Waals surface area contributed by atoms with Crippen LogP contribution in [0, 0.1) is 6.92 Å². The van der Waals surface area contributed by atoms with E-state index in [1.54, 1.807) is 49.9 Å². The third kappa shape index (κ3) is 8.28. The quantitative estimate of drug-likeness (QED) is 0.263. The number of pyridine rings is 1. The highest BCUT2D eigenvalue weighted by atomic mass is 19.4. The summed E-state index contributed by atoms with van der Waals surface area (Å²) in [6.45, 7) is 4.43. The fraction of sp³-hybridized carbons (Fsp3) is 0.280. The van der Waals surface area contributed by atoms with Crippen LogP contribution in [-0.4, -0.2) is 54.2 Å². The number of aryl methyl sites for hydroxylation is 1. The van der Waals surface area contributed by atoms with Gasteiger partial charge in [0.05, 0.1) is 16.9 Å². The Labute approximate surface area is 218 Å². The number of carbonyl (C=O) groups excluding carboxylic acids is 1. The third-order valence-corrected chi connectivity index (χ3v) is 5.55. The summed E-state index contributed by atoms with van der Waals surface area (Å²) in [6.07, 6.45) is -3.53. The lowest BCUT2D eigenvalue weighted by atomic mass is 9.81. The van der Waals surface area contributed by atoms with Crippen LogP contribution in [0.25, 0.3) is 0 Å². The Kier molecular flexibility index (Phi) is 9.42. The van der Waals surface area contributed by atoms with Crippen molar-refractivity contribution in [2.24, 2.45) is 0 Å². The van der Waals surface area contributed by atoms with Gasteiger partial charge in [-0.15, -0.1) is 0 Å². The minimum Gasteiger partial charge on any atom is -0.457 e. The highest BCUT2D eigenvalue weighted by molar-refractivity contribution is 6.45. The number of ether oxygens (including phenoxy) is 2. The summed E-state index contributed by atoms with van der Waals surface area (Å²) in [4.78, 5) is 17.8. The zero-order chi connectivity index (χ0) is 27.9. The molecular formula is C25H29BF3N5O4. The van der Waals surface area contributed by atoms with E-state index < -0.39 is 24.9 Å². The van der Waals surface area contributed by atoms with Gasteiger partial charge in [-0.25, -0.2) is 9.78 Å². The molecule has 5 N–H and O–H groups in total. The standard InChI is InChI=1S/C17H22BN5O4.C8H7F3/c1-18(25)23-9-13(10-23)27-17(24)22-16-8-12(5-6-21-16)26-11-3-4-15(20-2)14(19)7-11;1-6-2-4-7(5-3-6)8(9,10)11/h3-8,13,20,25H,9-10,19H2,1-2H3,(H,21,22,24);2-5H,1H3. The van der Waals surface area contributed by atoms with E-state index in [-0.39, 0.29) is 6.10 Å². The van der Waals surface area contributed by atoms with E-state index in [1.165, 1.54) is 18.3 Å². The van der Waals surface area contributed by atoms with Crippen LogP contribution in [0.4, 0.5) is 35.2 Å². The molecule has 1 fully saturated rings. The summed E-state index contributed by atoms with van der Waals surface area (Å²) < 4.78 is 46.8. The Balaban J connectivity index is 0.000000304. The lowest BCUT2D eigenvalue weighted by molar-refractivity contribution is -0.137. The first-order chi connectivity index (χ1) is 17.9. The van der Waals surface area contributed by atoms with Crippen molar-refractivity contribution in [2.45, 2.75) is 26.0 Å². The highest BCUT2D eigenvalue weighted by Gasteiger charge is 2.34. The van der Waals surface area contributed by atoms with Gasteiger partial charge in [-0.3, -0.25) is 5.32 Å². The Bertz CT molecular complexity index is 1220. The van der Waals surface area contributed by atoms with Crippen molar-refractivity contribution >= 4 is 30.3 Å². The normalized spacial score (nSPS) is 13.4. The van der Waals surface area contributed by atoms with Crippen LogP contribution in [0.15, 0.2) is 60.8 Å². The van der Waals surface area contributed by atoms with Gasteiger partial charge >= 0.3 is 19.3 Å². The smallest absolute Gasteiger partial charge is 0.416 e. The second-order valence-electron chi connectivity index (χ2n) is 8.58. The number of anilines is 3. The number of alkyl halides is 3. The van der Waals surface area contributed by atoms with E-state index in [9.17, 15) is 23.0 Å². The van der Waals surface area contributed by atoms with E-state index in [2.05, 4.69) is 15.6 Å². The van der Waals surface area contributed by atoms with Gasteiger partial charge in [0.1, 0.15) is 23.4 Å². The first kappa shape index (κ1) is 28.6. The summed E-state index contributed by atoms with van der Waals surface area (Å²) in [5, 5.41) is 14.9. The monoisotopic (exact) mass is 531 g/mol. The maximum atomic E-state index is 12.0. The lowest BCUT2D eigenvalue weighted by Crippen LogP contribution is -2.58. The number of benzene rings is 2. The van der Waals surface area contributed by atoms with Gasteiger partial charge in [-0.1, -0.05) is 17.7 Å². The van der Waals surface area contributed by atoms with Crippen LogP contribution < -0.4 is 21.1 Å².